The molecule has 3 atom stereocenters. The zero-order valence-corrected chi connectivity index (χ0v) is 15.2. The molecule has 0 aromatic heterocycles. The van der Waals surface area contributed by atoms with E-state index < -0.39 is 0 Å². The number of carbonyl (C=O) groups excluding carboxylic acids is 1. The minimum atomic E-state index is 0.399. The van der Waals surface area contributed by atoms with E-state index >= 15 is 0 Å². The molecular weight excluding hydrogens is 256 g/mol. The van der Waals surface area contributed by atoms with Crippen molar-refractivity contribution in [2.75, 3.05) is 0 Å². The van der Waals surface area contributed by atoms with E-state index in [1.165, 1.54) is 51.4 Å². The Labute approximate surface area is 133 Å². The Morgan fingerprint density at radius 2 is 1.52 bits per heavy atom. The number of ketones is 1. The maximum atomic E-state index is 11.6. The van der Waals surface area contributed by atoms with E-state index in [9.17, 15) is 4.79 Å². The Kier molecular flexibility index (Phi) is 8.59. The number of unbranched alkanes of at least 4 members (excludes halogenated alkanes) is 3. The Hall–Kier alpha value is -0.330. The fourth-order valence-corrected chi connectivity index (χ4v) is 3.50. The molecule has 0 radical (unpaired) electrons. The topological polar surface area (TPSA) is 17.1 Å². The lowest BCUT2D eigenvalue weighted by Gasteiger charge is -2.20. The second-order valence-electron chi connectivity index (χ2n) is 8.11. The van der Waals surface area contributed by atoms with Crippen LogP contribution in [0.2, 0.25) is 0 Å². The van der Waals surface area contributed by atoms with Gasteiger partial charge in [-0.05, 0) is 56.3 Å². The van der Waals surface area contributed by atoms with Gasteiger partial charge in [-0.25, -0.2) is 0 Å². The summed E-state index contributed by atoms with van der Waals surface area (Å²) in [4.78, 5) is 11.6. The third-order valence-electron chi connectivity index (χ3n) is 5.59. The maximum absolute atomic E-state index is 11.6. The van der Waals surface area contributed by atoms with Crippen LogP contribution >= 0.6 is 0 Å². The summed E-state index contributed by atoms with van der Waals surface area (Å²) in [6, 6.07) is 0. The van der Waals surface area contributed by atoms with Crippen LogP contribution in [-0.2, 0) is 4.79 Å². The molecule has 1 nitrogen and oxygen atoms in total. The lowest BCUT2D eigenvalue weighted by Crippen LogP contribution is -2.13. The van der Waals surface area contributed by atoms with Gasteiger partial charge < -0.3 is 0 Å². The summed E-state index contributed by atoms with van der Waals surface area (Å²) in [5, 5.41) is 0. The summed E-state index contributed by atoms with van der Waals surface area (Å²) in [6.45, 7) is 11.3. The van der Waals surface area contributed by atoms with Crippen LogP contribution in [0.4, 0.5) is 0 Å². The summed E-state index contributed by atoms with van der Waals surface area (Å²) in [5.74, 6) is 4.14. The van der Waals surface area contributed by atoms with Gasteiger partial charge in [0.25, 0.3) is 0 Å². The minimum Gasteiger partial charge on any atom is -0.300 e. The molecule has 1 heteroatoms. The lowest BCUT2D eigenvalue weighted by atomic mass is 9.86. The molecule has 21 heavy (non-hydrogen) atoms. The summed E-state index contributed by atoms with van der Waals surface area (Å²) in [5.41, 5.74) is 0. The fraction of sp³-hybridized carbons (Fsp3) is 0.950. The summed E-state index contributed by atoms with van der Waals surface area (Å²) < 4.78 is 0. The highest BCUT2D eigenvalue weighted by Crippen LogP contribution is 2.39. The van der Waals surface area contributed by atoms with Gasteiger partial charge in [-0.3, -0.25) is 4.79 Å². The molecule has 1 rings (SSSR count). The number of carbonyl (C=O) groups is 1. The lowest BCUT2D eigenvalue weighted by molar-refractivity contribution is -0.121. The first-order chi connectivity index (χ1) is 9.91. The summed E-state index contributed by atoms with van der Waals surface area (Å²) >= 11 is 0. The van der Waals surface area contributed by atoms with E-state index in [4.69, 9.17) is 0 Å². The van der Waals surface area contributed by atoms with Gasteiger partial charge in [-0.2, -0.15) is 0 Å². The Balaban J connectivity index is 2.00. The number of rotatable bonds is 12. The number of hydrogen-bond donors (Lipinski definition) is 0. The molecule has 3 unspecified atom stereocenters. The van der Waals surface area contributed by atoms with Crippen LogP contribution in [0.3, 0.4) is 0 Å². The first kappa shape index (κ1) is 18.7. The molecule has 0 aliphatic heterocycles. The van der Waals surface area contributed by atoms with Crippen molar-refractivity contribution in [1.82, 2.24) is 0 Å². The van der Waals surface area contributed by atoms with E-state index in [0.29, 0.717) is 11.7 Å². The van der Waals surface area contributed by atoms with Crippen molar-refractivity contribution in [3.63, 3.8) is 0 Å². The molecule has 0 aromatic carbocycles. The van der Waals surface area contributed by atoms with Crippen molar-refractivity contribution < 1.29 is 4.79 Å². The first-order valence-corrected chi connectivity index (χ1v) is 9.42. The molecule has 0 saturated heterocycles. The Morgan fingerprint density at radius 1 is 0.952 bits per heavy atom. The molecule has 1 aliphatic carbocycles. The van der Waals surface area contributed by atoms with Gasteiger partial charge in [0, 0.05) is 5.92 Å². The summed E-state index contributed by atoms with van der Waals surface area (Å²) in [6.07, 6.45) is 11.8. The highest BCUT2D eigenvalue weighted by Gasteiger charge is 2.33. The van der Waals surface area contributed by atoms with Crippen LogP contribution in [0, 0.1) is 29.6 Å². The van der Waals surface area contributed by atoms with E-state index in [2.05, 4.69) is 27.7 Å². The number of Topliss-reactive ketones (excluding diaryl/α,β-unsaturated/α-hetero) is 1. The quantitative estimate of drug-likeness (QED) is 0.388. The summed E-state index contributed by atoms with van der Waals surface area (Å²) in [7, 11) is 0. The maximum Gasteiger partial charge on any atom is 0.133 e. The standard InChI is InChI=1S/C20H38O/c1-15(2)17(4)14-16(3)10-8-6-7-9-11-20(18(5)21)19-12-13-19/h15-17,19-20H,6-14H2,1-5H3. The van der Waals surface area contributed by atoms with Gasteiger partial charge in [-0.1, -0.05) is 59.8 Å². The van der Waals surface area contributed by atoms with Crippen LogP contribution in [0.15, 0.2) is 0 Å². The van der Waals surface area contributed by atoms with Crippen molar-refractivity contribution in [3.05, 3.63) is 0 Å². The molecule has 0 spiro atoms. The number of hydrogen-bond acceptors (Lipinski definition) is 1. The van der Waals surface area contributed by atoms with Crippen molar-refractivity contribution >= 4 is 5.78 Å². The molecule has 0 bridgehead atoms. The molecule has 124 valence electrons. The molecule has 1 saturated carbocycles. The third-order valence-corrected chi connectivity index (χ3v) is 5.59. The van der Waals surface area contributed by atoms with Crippen molar-refractivity contribution in [2.24, 2.45) is 29.6 Å². The zero-order valence-electron chi connectivity index (χ0n) is 15.2. The Morgan fingerprint density at radius 3 is 2.00 bits per heavy atom. The van der Waals surface area contributed by atoms with E-state index in [-0.39, 0.29) is 0 Å². The first-order valence-electron chi connectivity index (χ1n) is 9.42. The molecule has 1 aliphatic rings. The smallest absolute Gasteiger partial charge is 0.133 e. The average molecular weight is 295 g/mol. The van der Waals surface area contributed by atoms with Crippen molar-refractivity contribution in [1.29, 1.82) is 0 Å². The van der Waals surface area contributed by atoms with Gasteiger partial charge in [0.15, 0.2) is 0 Å². The SMILES string of the molecule is CC(=O)C(CCCCCCC(C)CC(C)C(C)C)C1CC1. The van der Waals surface area contributed by atoms with Crippen LogP contribution < -0.4 is 0 Å². The fourth-order valence-electron chi connectivity index (χ4n) is 3.50. The van der Waals surface area contributed by atoms with Crippen LogP contribution in [0.5, 0.6) is 0 Å². The zero-order chi connectivity index (χ0) is 15.8. The van der Waals surface area contributed by atoms with Gasteiger partial charge in [-0.15, -0.1) is 0 Å². The minimum absolute atomic E-state index is 0.399. The van der Waals surface area contributed by atoms with Crippen molar-refractivity contribution in [2.45, 2.75) is 92.4 Å². The van der Waals surface area contributed by atoms with Gasteiger partial charge in [0.05, 0.1) is 0 Å². The molecule has 1 fully saturated rings. The normalized spacial score (nSPS) is 19.5. The molecule has 0 heterocycles. The van der Waals surface area contributed by atoms with Crippen molar-refractivity contribution in [3.8, 4) is 0 Å². The average Bonchev–Trinajstić information content (AvgIpc) is 3.21. The van der Waals surface area contributed by atoms with Gasteiger partial charge >= 0.3 is 0 Å². The highest BCUT2D eigenvalue weighted by atomic mass is 16.1. The third kappa shape index (κ3) is 8.02. The molecule has 0 amide bonds. The van der Waals surface area contributed by atoms with Gasteiger partial charge in [0.1, 0.15) is 5.78 Å². The highest BCUT2D eigenvalue weighted by molar-refractivity contribution is 5.78. The van der Waals surface area contributed by atoms with E-state index in [0.717, 1.165) is 30.1 Å². The predicted molar refractivity (Wildman–Crippen MR) is 92.4 cm³/mol. The van der Waals surface area contributed by atoms with Crippen LogP contribution in [0.25, 0.3) is 0 Å². The molecule has 0 N–H and O–H groups in total. The monoisotopic (exact) mass is 294 g/mol. The molecule has 0 aromatic rings. The second kappa shape index (κ2) is 9.64. The van der Waals surface area contributed by atoms with Gasteiger partial charge in [0.2, 0.25) is 0 Å². The largest absolute Gasteiger partial charge is 0.300 e. The molecular formula is C20H38O. The van der Waals surface area contributed by atoms with Crippen LogP contribution in [-0.4, -0.2) is 5.78 Å². The van der Waals surface area contributed by atoms with E-state index in [1.807, 2.05) is 0 Å². The van der Waals surface area contributed by atoms with Crippen LogP contribution in [0.1, 0.15) is 92.4 Å². The Bertz CT molecular complexity index is 290. The van der Waals surface area contributed by atoms with E-state index in [1.54, 1.807) is 6.92 Å². The predicted octanol–water partition coefficient (Wildman–Crippen LogP) is 6.26. The second-order valence-corrected chi connectivity index (χ2v) is 8.11.